The zero-order chi connectivity index (χ0) is 10.7. The average Bonchev–Trinajstić information content (AvgIpc) is 2.31. The first-order valence-corrected chi connectivity index (χ1v) is 6.71. The molecule has 0 radical (unpaired) electrons. The molecule has 2 rings (SSSR count). The first-order valence-electron chi connectivity index (χ1n) is 6.71. The van der Waals surface area contributed by atoms with Crippen LogP contribution in [-0.2, 0) is 0 Å². The van der Waals surface area contributed by atoms with Gasteiger partial charge in [-0.2, -0.15) is 0 Å². The monoisotopic (exact) mass is 210 g/mol. The van der Waals surface area contributed by atoms with Crippen molar-refractivity contribution in [2.24, 2.45) is 11.8 Å². The van der Waals surface area contributed by atoms with E-state index in [4.69, 9.17) is 0 Å². The lowest BCUT2D eigenvalue weighted by molar-refractivity contribution is 0.0830. The first-order chi connectivity index (χ1) is 7.26. The Labute approximate surface area is 94.2 Å². The molecule has 2 aliphatic rings. The van der Waals surface area contributed by atoms with E-state index >= 15 is 0 Å². The molecule has 2 N–H and O–H groups in total. The van der Waals surface area contributed by atoms with Crippen molar-refractivity contribution in [3.05, 3.63) is 0 Å². The SMILES string of the molecule is CC(C)C1(C2CCNCC2)CCCCN1. The molecule has 0 amide bonds. The number of hydrogen-bond donors (Lipinski definition) is 2. The molecular weight excluding hydrogens is 184 g/mol. The van der Waals surface area contributed by atoms with Gasteiger partial charge in [0.15, 0.2) is 0 Å². The second-order valence-corrected chi connectivity index (χ2v) is 5.60. The summed E-state index contributed by atoms with van der Waals surface area (Å²) in [6, 6.07) is 0. The van der Waals surface area contributed by atoms with Crippen LogP contribution in [0.1, 0.15) is 46.0 Å². The van der Waals surface area contributed by atoms with Gasteiger partial charge < -0.3 is 10.6 Å². The molecule has 0 aromatic rings. The van der Waals surface area contributed by atoms with Gasteiger partial charge in [-0.15, -0.1) is 0 Å². The third-order valence-corrected chi connectivity index (χ3v) is 4.57. The molecular formula is C13H26N2. The van der Waals surface area contributed by atoms with Gasteiger partial charge in [-0.3, -0.25) is 0 Å². The molecule has 0 aromatic carbocycles. The van der Waals surface area contributed by atoms with E-state index in [1.807, 2.05) is 0 Å². The van der Waals surface area contributed by atoms with Crippen LogP contribution in [0, 0.1) is 11.8 Å². The molecule has 2 saturated heterocycles. The minimum absolute atomic E-state index is 0.459. The lowest BCUT2D eigenvalue weighted by atomic mass is 9.67. The van der Waals surface area contributed by atoms with E-state index in [0.717, 1.165) is 11.8 Å². The Balaban J connectivity index is 2.09. The molecule has 0 spiro atoms. The number of piperidine rings is 2. The van der Waals surface area contributed by atoms with Crippen LogP contribution in [0.15, 0.2) is 0 Å². The average molecular weight is 210 g/mol. The van der Waals surface area contributed by atoms with Crippen molar-refractivity contribution in [2.75, 3.05) is 19.6 Å². The van der Waals surface area contributed by atoms with E-state index < -0.39 is 0 Å². The minimum atomic E-state index is 0.459. The third kappa shape index (κ3) is 2.21. The summed E-state index contributed by atoms with van der Waals surface area (Å²) in [4.78, 5) is 0. The molecule has 88 valence electrons. The second-order valence-electron chi connectivity index (χ2n) is 5.60. The van der Waals surface area contributed by atoms with Crippen LogP contribution in [0.4, 0.5) is 0 Å². The Morgan fingerprint density at radius 2 is 1.80 bits per heavy atom. The predicted octanol–water partition coefficient (Wildman–Crippen LogP) is 2.15. The highest BCUT2D eigenvalue weighted by atomic mass is 15.0. The summed E-state index contributed by atoms with van der Waals surface area (Å²) in [5, 5.41) is 7.36. The number of hydrogen-bond acceptors (Lipinski definition) is 2. The zero-order valence-electron chi connectivity index (χ0n) is 10.3. The summed E-state index contributed by atoms with van der Waals surface area (Å²) < 4.78 is 0. The highest BCUT2D eigenvalue weighted by Gasteiger charge is 2.42. The smallest absolute Gasteiger partial charge is 0.0233 e. The molecule has 2 nitrogen and oxygen atoms in total. The lowest BCUT2D eigenvalue weighted by Gasteiger charge is -2.49. The second kappa shape index (κ2) is 4.84. The van der Waals surface area contributed by atoms with Gasteiger partial charge in [0.05, 0.1) is 0 Å². The van der Waals surface area contributed by atoms with Crippen LogP contribution in [0.5, 0.6) is 0 Å². The maximum Gasteiger partial charge on any atom is 0.0233 e. The quantitative estimate of drug-likeness (QED) is 0.730. The van der Waals surface area contributed by atoms with E-state index in [-0.39, 0.29) is 0 Å². The summed E-state index contributed by atoms with van der Waals surface area (Å²) >= 11 is 0. The molecule has 0 aliphatic carbocycles. The molecule has 0 saturated carbocycles. The molecule has 15 heavy (non-hydrogen) atoms. The van der Waals surface area contributed by atoms with Gasteiger partial charge in [-0.25, -0.2) is 0 Å². The van der Waals surface area contributed by atoms with E-state index in [9.17, 15) is 0 Å². The van der Waals surface area contributed by atoms with E-state index in [0.29, 0.717) is 5.54 Å². The minimum Gasteiger partial charge on any atom is -0.317 e. The van der Waals surface area contributed by atoms with Gasteiger partial charge in [0, 0.05) is 5.54 Å². The van der Waals surface area contributed by atoms with Crippen LogP contribution in [-0.4, -0.2) is 25.2 Å². The molecule has 2 aliphatic heterocycles. The number of nitrogens with one attached hydrogen (secondary N) is 2. The Bertz CT molecular complexity index is 189. The molecule has 0 bridgehead atoms. The van der Waals surface area contributed by atoms with Crippen molar-refractivity contribution >= 4 is 0 Å². The highest BCUT2D eigenvalue weighted by molar-refractivity contribution is 5.00. The van der Waals surface area contributed by atoms with Crippen molar-refractivity contribution < 1.29 is 0 Å². The van der Waals surface area contributed by atoms with Crippen molar-refractivity contribution in [3.63, 3.8) is 0 Å². The van der Waals surface area contributed by atoms with E-state index in [2.05, 4.69) is 24.5 Å². The third-order valence-electron chi connectivity index (χ3n) is 4.57. The lowest BCUT2D eigenvalue weighted by Crippen LogP contribution is -2.59. The molecule has 1 atom stereocenters. The molecule has 2 heteroatoms. The van der Waals surface area contributed by atoms with Crippen molar-refractivity contribution in [3.8, 4) is 0 Å². The Morgan fingerprint density at radius 3 is 2.33 bits per heavy atom. The molecule has 0 aromatic heterocycles. The van der Waals surface area contributed by atoms with Gasteiger partial charge >= 0.3 is 0 Å². The van der Waals surface area contributed by atoms with Crippen molar-refractivity contribution in [1.82, 2.24) is 10.6 Å². The Kier molecular flexibility index (Phi) is 3.68. The number of rotatable bonds is 2. The van der Waals surface area contributed by atoms with Crippen molar-refractivity contribution in [1.29, 1.82) is 0 Å². The Morgan fingerprint density at radius 1 is 1.07 bits per heavy atom. The van der Waals surface area contributed by atoms with Gasteiger partial charge in [-0.1, -0.05) is 20.3 Å². The van der Waals surface area contributed by atoms with E-state index in [1.54, 1.807) is 0 Å². The highest BCUT2D eigenvalue weighted by Crippen LogP contribution is 2.38. The maximum absolute atomic E-state index is 3.87. The summed E-state index contributed by atoms with van der Waals surface area (Å²) in [5.74, 6) is 1.68. The zero-order valence-corrected chi connectivity index (χ0v) is 10.3. The van der Waals surface area contributed by atoms with Crippen LogP contribution >= 0.6 is 0 Å². The van der Waals surface area contributed by atoms with E-state index in [1.165, 1.54) is 51.7 Å². The van der Waals surface area contributed by atoms with Gasteiger partial charge in [0.1, 0.15) is 0 Å². The molecule has 2 fully saturated rings. The predicted molar refractivity (Wildman–Crippen MR) is 65.0 cm³/mol. The fourth-order valence-electron chi connectivity index (χ4n) is 3.60. The van der Waals surface area contributed by atoms with Crippen LogP contribution < -0.4 is 10.6 Å². The fraction of sp³-hybridized carbons (Fsp3) is 1.00. The summed E-state index contributed by atoms with van der Waals surface area (Å²) in [6.07, 6.45) is 6.93. The largest absolute Gasteiger partial charge is 0.317 e. The fourth-order valence-corrected chi connectivity index (χ4v) is 3.60. The van der Waals surface area contributed by atoms with Gasteiger partial charge in [0.25, 0.3) is 0 Å². The standard InChI is InChI=1S/C13H26N2/c1-11(2)13(7-3-4-8-15-13)12-5-9-14-10-6-12/h11-12,14-15H,3-10H2,1-2H3. The Hall–Kier alpha value is -0.0800. The van der Waals surface area contributed by atoms with Crippen molar-refractivity contribution in [2.45, 2.75) is 51.5 Å². The first kappa shape index (κ1) is 11.4. The van der Waals surface area contributed by atoms with Gasteiger partial charge in [-0.05, 0) is 57.2 Å². The topological polar surface area (TPSA) is 24.1 Å². The molecule has 2 heterocycles. The maximum atomic E-state index is 3.87. The summed E-state index contributed by atoms with van der Waals surface area (Å²) in [5.41, 5.74) is 0.459. The van der Waals surface area contributed by atoms with Gasteiger partial charge in [0.2, 0.25) is 0 Å². The van der Waals surface area contributed by atoms with Crippen LogP contribution in [0.3, 0.4) is 0 Å². The summed E-state index contributed by atoms with van der Waals surface area (Å²) in [7, 11) is 0. The van der Waals surface area contributed by atoms with Crippen LogP contribution in [0.2, 0.25) is 0 Å². The summed E-state index contributed by atoms with van der Waals surface area (Å²) in [6.45, 7) is 8.49. The molecule has 1 unspecified atom stereocenters. The normalized spacial score (nSPS) is 34.6. The van der Waals surface area contributed by atoms with Crippen LogP contribution in [0.25, 0.3) is 0 Å².